The first-order valence-electron chi connectivity index (χ1n) is 6.21. The zero-order valence-corrected chi connectivity index (χ0v) is 12.0. The number of nitrogens with zero attached hydrogens (tertiary/aromatic N) is 1. The van der Waals surface area contributed by atoms with Crippen molar-refractivity contribution in [1.29, 1.82) is 0 Å². The van der Waals surface area contributed by atoms with Crippen molar-refractivity contribution >= 4 is 17.4 Å². The summed E-state index contributed by atoms with van der Waals surface area (Å²) in [5.74, 6) is 1.24. The smallest absolute Gasteiger partial charge is 0.0874 e. The first-order chi connectivity index (χ1) is 8.01. The summed E-state index contributed by atoms with van der Waals surface area (Å²) in [6.07, 6.45) is 1.26. The summed E-state index contributed by atoms with van der Waals surface area (Å²) < 4.78 is 0. The van der Waals surface area contributed by atoms with E-state index < -0.39 is 0 Å². The largest absolute Gasteiger partial charge is 0.378 e. The van der Waals surface area contributed by atoms with Crippen molar-refractivity contribution in [2.45, 2.75) is 31.2 Å². The second kappa shape index (κ2) is 4.91. The van der Waals surface area contributed by atoms with E-state index >= 15 is 0 Å². The molecule has 0 radical (unpaired) electrons. The number of rotatable bonds is 2. The zero-order valence-electron chi connectivity index (χ0n) is 11.2. The van der Waals surface area contributed by atoms with Crippen LogP contribution in [-0.4, -0.2) is 25.9 Å². The topological polar surface area (TPSA) is 15.3 Å². The Kier molecular flexibility index (Phi) is 3.69. The molecule has 0 aromatic heterocycles. The Morgan fingerprint density at radius 3 is 2.47 bits per heavy atom. The van der Waals surface area contributed by atoms with Gasteiger partial charge in [0, 0.05) is 25.8 Å². The molecule has 1 aliphatic rings. The third-order valence-corrected chi connectivity index (χ3v) is 4.77. The molecule has 3 heteroatoms. The molecule has 1 fully saturated rings. The predicted molar refractivity (Wildman–Crippen MR) is 77.8 cm³/mol. The van der Waals surface area contributed by atoms with Crippen molar-refractivity contribution in [1.82, 2.24) is 5.32 Å². The van der Waals surface area contributed by atoms with Gasteiger partial charge in [-0.15, -0.1) is 11.8 Å². The lowest BCUT2D eigenvalue weighted by atomic mass is 10.1. The number of hydrogen-bond acceptors (Lipinski definition) is 3. The van der Waals surface area contributed by atoms with Crippen molar-refractivity contribution in [3.63, 3.8) is 0 Å². The van der Waals surface area contributed by atoms with Crippen molar-refractivity contribution in [2.75, 3.05) is 24.7 Å². The minimum Gasteiger partial charge on any atom is -0.378 e. The molecule has 2 nitrogen and oxygen atoms in total. The van der Waals surface area contributed by atoms with Gasteiger partial charge in [-0.25, -0.2) is 0 Å². The minimum absolute atomic E-state index is 0.0719. The van der Waals surface area contributed by atoms with Gasteiger partial charge in [-0.1, -0.05) is 12.1 Å². The van der Waals surface area contributed by atoms with E-state index in [1.807, 2.05) is 11.8 Å². The van der Waals surface area contributed by atoms with E-state index in [0.29, 0.717) is 6.04 Å². The monoisotopic (exact) mass is 250 g/mol. The molecule has 1 aromatic rings. The summed E-state index contributed by atoms with van der Waals surface area (Å²) in [4.78, 5) is 2.21. The highest BCUT2D eigenvalue weighted by Crippen LogP contribution is 2.38. The maximum atomic E-state index is 3.71. The molecule has 94 valence electrons. The summed E-state index contributed by atoms with van der Waals surface area (Å²) in [6, 6.07) is 9.49. The highest BCUT2D eigenvalue weighted by Gasteiger charge is 2.31. The van der Waals surface area contributed by atoms with E-state index in [1.54, 1.807) is 0 Å². The predicted octanol–water partition coefficient (Wildman–Crippen LogP) is 3.04. The number of thioether (sulfide) groups is 1. The van der Waals surface area contributed by atoms with Gasteiger partial charge in [0.1, 0.15) is 0 Å². The normalized spacial score (nSPS) is 29.1. The Balaban J connectivity index is 2.21. The van der Waals surface area contributed by atoms with Gasteiger partial charge in [0.2, 0.25) is 0 Å². The van der Waals surface area contributed by atoms with Gasteiger partial charge >= 0.3 is 0 Å². The molecule has 0 amide bonds. The molecule has 1 aromatic carbocycles. The minimum atomic E-state index is 0.0719. The highest BCUT2D eigenvalue weighted by molar-refractivity contribution is 8.00. The maximum Gasteiger partial charge on any atom is 0.0874 e. The van der Waals surface area contributed by atoms with Crippen LogP contribution in [-0.2, 0) is 4.87 Å². The standard InChI is InChI=1S/C14H22N2S/c1-11-9-10-17-14(2,15-11)12-5-7-13(8-6-12)16(3)4/h5-8,11,15H,9-10H2,1-4H3. The number of hydrogen-bond donors (Lipinski definition) is 1. The van der Waals surface area contributed by atoms with Crippen molar-refractivity contribution in [3.05, 3.63) is 29.8 Å². The molecule has 1 aliphatic heterocycles. The fourth-order valence-corrected chi connectivity index (χ4v) is 3.74. The molecule has 2 atom stereocenters. The fourth-order valence-electron chi connectivity index (χ4n) is 2.27. The molecule has 0 bridgehead atoms. The molecule has 1 heterocycles. The first-order valence-corrected chi connectivity index (χ1v) is 7.19. The summed E-state index contributed by atoms with van der Waals surface area (Å²) in [5.41, 5.74) is 2.63. The second-order valence-electron chi connectivity index (χ2n) is 5.16. The Morgan fingerprint density at radius 1 is 1.29 bits per heavy atom. The summed E-state index contributed by atoms with van der Waals surface area (Å²) in [5, 5.41) is 3.71. The van der Waals surface area contributed by atoms with Crippen LogP contribution in [0.2, 0.25) is 0 Å². The number of nitrogens with one attached hydrogen (secondary N) is 1. The Labute approximate surface area is 109 Å². The van der Waals surface area contributed by atoms with Crippen LogP contribution in [0.15, 0.2) is 24.3 Å². The third-order valence-electron chi connectivity index (χ3n) is 3.40. The molecule has 0 saturated carbocycles. The average Bonchev–Trinajstić information content (AvgIpc) is 2.29. The molecule has 17 heavy (non-hydrogen) atoms. The van der Waals surface area contributed by atoms with Gasteiger partial charge in [0.05, 0.1) is 4.87 Å². The van der Waals surface area contributed by atoms with Gasteiger partial charge in [0.15, 0.2) is 0 Å². The molecule has 0 spiro atoms. The van der Waals surface area contributed by atoms with Crippen LogP contribution in [0, 0.1) is 0 Å². The van der Waals surface area contributed by atoms with Crippen molar-refractivity contribution in [3.8, 4) is 0 Å². The highest BCUT2D eigenvalue weighted by atomic mass is 32.2. The molecule has 1 saturated heterocycles. The number of anilines is 1. The van der Waals surface area contributed by atoms with Gasteiger partial charge in [-0.05, 0) is 43.7 Å². The second-order valence-corrected chi connectivity index (χ2v) is 6.67. The lowest BCUT2D eigenvalue weighted by Crippen LogP contribution is -2.46. The van der Waals surface area contributed by atoms with Gasteiger partial charge in [0.25, 0.3) is 0 Å². The lowest BCUT2D eigenvalue weighted by Gasteiger charge is -2.38. The van der Waals surface area contributed by atoms with Crippen LogP contribution < -0.4 is 10.2 Å². The van der Waals surface area contributed by atoms with Crippen LogP contribution in [0.5, 0.6) is 0 Å². The van der Waals surface area contributed by atoms with E-state index in [4.69, 9.17) is 0 Å². The molecule has 0 aliphatic carbocycles. The van der Waals surface area contributed by atoms with Crippen LogP contribution >= 0.6 is 11.8 Å². The third kappa shape index (κ3) is 2.78. The van der Waals surface area contributed by atoms with Crippen LogP contribution in [0.4, 0.5) is 5.69 Å². The Bertz CT molecular complexity index is 374. The van der Waals surface area contributed by atoms with E-state index in [0.717, 1.165) is 0 Å². The maximum absolute atomic E-state index is 3.71. The molecule has 2 unspecified atom stereocenters. The summed E-state index contributed by atoms with van der Waals surface area (Å²) in [6.45, 7) is 4.56. The molecule has 1 N–H and O–H groups in total. The zero-order chi connectivity index (χ0) is 12.5. The van der Waals surface area contributed by atoms with Gasteiger partial charge in [-0.3, -0.25) is 5.32 Å². The molecular formula is C14H22N2S. The van der Waals surface area contributed by atoms with E-state index in [9.17, 15) is 0 Å². The van der Waals surface area contributed by atoms with E-state index in [2.05, 4.69) is 62.4 Å². The van der Waals surface area contributed by atoms with Crippen molar-refractivity contribution < 1.29 is 0 Å². The van der Waals surface area contributed by atoms with Crippen LogP contribution in [0.1, 0.15) is 25.8 Å². The summed E-state index contributed by atoms with van der Waals surface area (Å²) in [7, 11) is 4.15. The van der Waals surface area contributed by atoms with Crippen LogP contribution in [0.25, 0.3) is 0 Å². The average molecular weight is 250 g/mol. The number of benzene rings is 1. The van der Waals surface area contributed by atoms with Crippen LogP contribution in [0.3, 0.4) is 0 Å². The SMILES string of the molecule is CC1CCSC(C)(c2ccc(N(C)C)cc2)N1. The summed E-state index contributed by atoms with van der Waals surface area (Å²) >= 11 is 2.01. The quantitative estimate of drug-likeness (QED) is 0.868. The van der Waals surface area contributed by atoms with E-state index in [1.165, 1.54) is 23.4 Å². The van der Waals surface area contributed by atoms with Gasteiger partial charge < -0.3 is 4.90 Å². The van der Waals surface area contributed by atoms with E-state index in [-0.39, 0.29) is 4.87 Å². The fraction of sp³-hybridized carbons (Fsp3) is 0.571. The molecular weight excluding hydrogens is 228 g/mol. The van der Waals surface area contributed by atoms with Crippen molar-refractivity contribution in [2.24, 2.45) is 0 Å². The molecule has 2 rings (SSSR count). The lowest BCUT2D eigenvalue weighted by molar-refractivity contribution is 0.420. The first kappa shape index (κ1) is 12.8. The Hall–Kier alpha value is -0.670. The van der Waals surface area contributed by atoms with Gasteiger partial charge in [-0.2, -0.15) is 0 Å². The Morgan fingerprint density at radius 2 is 1.94 bits per heavy atom.